The first kappa shape index (κ1) is 16.8. The molecule has 3 atom stereocenters. The van der Waals surface area contributed by atoms with Crippen LogP contribution in [0.2, 0.25) is 0 Å². The van der Waals surface area contributed by atoms with Gasteiger partial charge in [0.25, 0.3) is 0 Å². The van der Waals surface area contributed by atoms with Crippen molar-refractivity contribution in [1.82, 2.24) is 5.32 Å². The lowest BCUT2D eigenvalue weighted by atomic mass is 9.88. The number of rotatable bonds is 5. The molecular weight excluding hydrogens is 286 g/mol. The number of ether oxygens (including phenoxy) is 2. The monoisotopic (exact) mass is 317 g/mol. The molecule has 3 heteroatoms. The summed E-state index contributed by atoms with van der Waals surface area (Å²) in [4.78, 5) is 0. The summed E-state index contributed by atoms with van der Waals surface area (Å²) in [7, 11) is 1.78. The van der Waals surface area contributed by atoms with Crippen molar-refractivity contribution in [3.05, 3.63) is 29.8 Å². The Bertz CT molecular complexity index is 488. The molecule has 0 bridgehead atoms. The van der Waals surface area contributed by atoms with E-state index in [1.165, 1.54) is 31.2 Å². The first-order valence-corrected chi connectivity index (χ1v) is 9.21. The number of hydrogen-bond donors (Lipinski definition) is 1. The maximum Gasteiger partial charge on any atom is 0.123 e. The molecule has 1 N–H and O–H groups in total. The molecule has 1 saturated carbocycles. The molecule has 1 aromatic rings. The Labute approximate surface area is 140 Å². The summed E-state index contributed by atoms with van der Waals surface area (Å²) in [5.41, 5.74) is 1.33. The Balaban J connectivity index is 1.81. The number of hydrogen-bond acceptors (Lipinski definition) is 3. The van der Waals surface area contributed by atoms with Crippen molar-refractivity contribution in [2.24, 2.45) is 5.92 Å². The van der Waals surface area contributed by atoms with Crippen molar-refractivity contribution in [1.29, 1.82) is 0 Å². The maximum absolute atomic E-state index is 5.91. The van der Waals surface area contributed by atoms with Gasteiger partial charge < -0.3 is 14.8 Å². The minimum absolute atomic E-state index is 0.346. The summed E-state index contributed by atoms with van der Waals surface area (Å²) < 4.78 is 11.6. The molecule has 0 aromatic heterocycles. The molecule has 0 amide bonds. The van der Waals surface area contributed by atoms with E-state index in [-0.39, 0.29) is 0 Å². The predicted octanol–water partition coefficient (Wildman–Crippen LogP) is 4.47. The third kappa shape index (κ3) is 4.07. The molecule has 1 heterocycles. The number of methoxy groups -OCH3 is 1. The molecule has 0 radical (unpaired) electrons. The molecule has 23 heavy (non-hydrogen) atoms. The van der Waals surface area contributed by atoms with E-state index in [4.69, 9.17) is 9.47 Å². The van der Waals surface area contributed by atoms with Crippen molar-refractivity contribution >= 4 is 0 Å². The van der Waals surface area contributed by atoms with Crippen LogP contribution < -0.4 is 10.1 Å². The lowest BCUT2D eigenvalue weighted by Gasteiger charge is -2.37. The lowest BCUT2D eigenvalue weighted by molar-refractivity contribution is -0.0446. The first-order chi connectivity index (χ1) is 11.2. The van der Waals surface area contributed by atoms with E-state index in [1.54, 1.807) is 7.11 Å². The van der Waals surface area contributed by atoms with Gasteiger partial charge in [0.1, 0.15) is 5.75 Å². The van der Waals surface area contributed by atoms with E-state index in [9.17, 15) is 0 Å². The second-order valence-electron chi connectivity index (χ2n) is 7.36. The van der Waals surface area contributed by atoms with Crippen molar-refractivity contribution in [3.63, 3.8) is 0 Å². The molecule has 1 aromatic carbocycles. The largest absolute Gasteiger partial charge is 0.496 e. The Morgan fingerprint density at radius 1 is 1.09 bits per heavy atom. The molecule has 1 saturated heterocycles. The van der Waals surface area contributed by atoms with Crippen molar-refractivity contribution in [2.75, 3.05) is 7.11 Å². The zero-order valence-corrected chi connectivity index (χ0v) is 14.8. The molecule has 3 nitrogen and oxygen atoms in total. The fourth-order valence-corrected chi connectivity index (χ4v) is 4.49. The van der Waals surface area contributed by atoms with E-state index in [2.05, 4.69) is 43.4 Å². The second-order valence-corrected chi connectivity index (χ2v) is 7.36. The Hall–Kier alpha value is -1.06. The fraction of sp³-hybridized carbons (Fsp3) is 0.700. The van der Waals surface area contributed by atoms with Crippen LogP contribution in [0.3, 0.4) is 0 Å². The van der Waals surface area contributed by atoms with Crippen molar-refractivity contribution in [3.8, 4) is 5.75 Å². The number of benzene rings is 1. The van der Waals surface area contributed by atoms with Crippen molar-refractivity contribution < 1.29 is 9.47 Å². The Morgan fingerprint density at radius 2 is 1.74 bits per heavy atom. The summed E-state index contributed by atoms with van der Waals surface area (Å²) in [6.07, 6.45) is 8.26. The van der Waals surface area contributed by atoms with Gasteiger partial charge in [-0.2, -0.15) is 0 Å². The average molecular weight is 317 g/mol. The summed E-state index contributed by atoms with van der Waals surface area (Å²) in [6, 6.07) is 9.46. The minimum atomic E-state index is 0.346. The molecule has 2 fully saturated rings. The zero-order valence-electron chi connectivity index (χ0n) is 14.8. The average Bonchev–Trinajstić information content (AvgIpc) is 3.06. The van der Waals surface area contributed by atoms with Crippen LogP contribution >= 0.6 is 0 Å². The molecule has 128 valence electrons. The standard InChI is InChI=1S/C20H31NO2/c1-14-12-17(13-15(2)23-14)21-20(16-8-4-5-9-16)18-10-6-7-11-19(18)22-3/h6-7,10-11,14-17,20-21H,4-5,8-9,12-13H2,1-3H3/t14-,15-,20-/m1/s1. The van der Waals surface area contributed by atoms with E-state index < -0.39 is 0 Å². The first-order valence-electron chi connectivity index (χ1n) is 9.21. The summed E-state index contributed by atoms with van der Waals surface area (Å²) in [5.74, 6) is 1.74. The van der Waals surface area contributed by atoms with Gasteiger partial charge in [-0.05, 0) is 51.5 Å². The lowest BCUT2D eigenvalue weighted by Crippen LogP contribution is -2.44. The second kappa shape index (κ2) is 7.67. The van der Waals surface area contributed by atoms with Gasteiger partial charge in [-0.25, -0.2) is 0 Å². The van der Waals surface area contributed by atoms with Gasteiger partial charge in [0.15, 0.2) is 0 Å². The van der Waals surface area contributed by atoms with Gasteiger partial charge in [-0.15, -0.1) is 0 Å². The summed E-state index contributed by atoms with van der Waals surface area (Å²) in [5, 5.41) is 3.99. The molecule has 2 aliphatic rings. The predicted molar refractivity (Wildman–Crippen MR) is 93.9 cm³/mol. The molecule has 1 aliphatic heterocycles. The number of nitrogens with one attached hydrogen (secondary N) is 1. The Morgan fingerprint density at radius 3 is 2.39 bits per heavy atom. The third-order valence-corrected chi connectivity index (χ3v) is 5.46. The van der Waals surface area contributed by atoms with Gasteiger partial charge in [0.2, 0.25) is 0 Å². The quantitative estimate of drug-likeness (QED) is 0.869. The molecule has 1 aliphatic carbocycles. The molecule has 0 spiro atoms. The van der Waals surface area contributed by atoms with Crippen LogP contribution in [0.4, 0.5) is 0 Å². The topological polar surface area (TPSA) is 30.5 Å². The highest BCUT2D eigenvalue weighted by atomic mass is 16.5. The third-order valence-electron chi connectivity index (χ3n) is 5.46. The molecule has 3 rings (SSSR count). The maximum atomic E-state index is 5.91. The highest BCUT2D eigenvalue weighted by molar-refractivity contribution is 5.36. The highest BCUT2D eigenvalue weighted by Crippen LogP contribution is 2.40. The SMILES string of the molecule is COc1ccccc1[C@H](NC1C[C@@H](C)O[C@H](C)C1)C1CCCC1. The number of para-hydroxylation sites is 1. The summed E-state index contributed by atoms with van der Waals surface area (Å²) in [6.45, 7) is 4.38. The van der Waals surface area contributed by atoms with Crippen LogP contribution in [0.25, 0.3) is 0 Å². The smallest absolute Gasteiger partial charge is 0.123 e. The van der Waals surface area contributed by atoms with E-state index in [0.717, 1.165) is 24.5 Å². The molecular formula is C20H31NO2. The van der Waals surface area contributed by atoms with Gasteiger partial charge in [-0.1, -0.05) is 31.0 Å². The van der Waals surface area contributed by atoms with Crippen LogP contribution in [0, 0.1) is 5.92 Å². The van der Waals surface area contributed by atoms with Crippen LogP contribution in [0.1, 0.15) is 64.0 Å². The van der Waals surface area contributed by atoms with E-state index >= 15 is 0 Å². The normalized spacial score (nSPS) is 30.3. The Kier molecular flexibility index (Phi) is 5.60. The van der Waals surface area contributed by atoms with E-state index in [1.807, 2.05) is 0 Å². The highest BCUT2D eigenvalue weighted by Gasteiger charge is 2.32. The van der Waals surface area contributed by atoms with Crippen LogP contribution in [-0.4, -0.2) is 25.4 Å². The zero-order chi connectivity index (χ0) is 16.2. The minimum Gasteiger partial charge on any atom is -0.496 e. The van der Waals surface area contributed by atoms with Crippen molar-refractivity contribution in [2.45, 2.75) is 76.7 Å². The van der Waals surface area contributed by atoms with Crippen LogP contribution in [0.5, 0.6) is 5.75 Å². The van der Waals surface area contributed by atoms with Gasteiger partial charge in [-0.3, -0.25) is 0 Å². The van der Waals surface area contributed by atoms with Crippen LogP contribution in [-0.2, 0) is 4.74 Å². The van der Waals surface area contributed by atoms with Gasteiger partial charge >= 0.3 is 0 Å². The van der Waals surface area contributed by atoms with Gasteiger partial charge in [0, 0.05) is 17.6 Å². The van der Waals surface area contributed by atoms with Gasteiger partial charge in [0.05, 0.1) is 19.3 Å². The van der Waals surface area contributed by atoms with Crippen LogP contribution in [0.15, 0.2) is 24.3 Å². The molecule has 0 unspecified atom stereocenters. The summed E-state index contributed by atoms with van der Waals surface area (Å²) >= 11 is 0. The van der Waals surface area contributed by atoms with E-state index in [0.29, 0.717) is 24.3 Å². The fourth-order valence-electron chi connectivity index (χ4n) is 4.49.